The first-order valence-corrected chi connectivity index (χ1v) is 13.8. The maximum Gasteiger partial charge on any atom is 0.325 e. The fourth-order valence-electron chi connectivity index (χ4n) is 4.94. The molecular formula is C33H36N4O3. The number of benzene rings is 3. The molecule has 0 atom stereocenters. The van der Waals surface area contributed by atoms with Crippen molar-refractivity contribution in [2.75, 3.05) is 26.9 Å². The van der Waals surface area contributed by atoms with Crippen molar-refractivity contribution in [3.8, 4) is 11.1 Å². The topological polar surface area (TPSA) is 70.3 Å². The average molecular weight is 537 g/mol. The predicted octanol–water partition coefficient (Wildman–Crippen LogP) is 6.30. The van der Waals surface area contributed by atoms with Crippen molar-refractivity contribution >= 4 is 16.8 Å². The Labute approximate surface area is 235 Å². The highest BCUT2D eigenvalue weighted by atomic mass is 16.5. The lowest BCUT2D eigenvalue weighted by atomic mass is 10.00. The van der Waals surface area contributed by atoms with Gasteiger partial charge in [-0.15, -0.1) is 0 Å². The number of imidazole rings is 1. The molecule has 1 amide bonds. The Kier molecular flexibility index (Phi) is 9.40. The lowest BCUT2D eigenvalue weighted by molar-refractivity contribution is 0.115. The molecule has 40 heavy (non-hydrogen) atoms. The van der Waals surface area contributed by atoms with Crippen LogP contribution < -0.4 is 5.32 Å². The van der Waals surface area contributed by atoms with Gasteiger partial charge in [0.05, 0.1) is 12.9 Å². The van der Waals surface area contributed by atoms with E-state index in [1.165, 1.54) is 10.9 Å². The van der Waals surface area contributed by atoms with Crippen LogP contribution in [0.15, 0.2) is 97.6 Å². The molecule has 2 heterocycles. The van der Waals surface area contributed by atoms with E-state index in [4.69, 9.17) is 9.47 Å². The molecule has 0 unspecified atom stereocenters. The van der Waals surface area contributed by atoms with Crippen LogP contribution in [0, 0.1) is 0 Å². The van der Waals surface area contributed by atoms with Crippen molar-refractivity contribution in [3.63, 3.8) is 0 Å². The monoisotopic (exact) mass is 536 g/mol. The number of carbonyl (C=O) groups is 1. The third-order valence-electron chi connectivity index (χ3n) is 6.98. The molecule has 0 fully saturated rings. The number of rotatable bonds is 13. The van der Waals surface area contributed by atoms with Gasteiger partial charge in [0, 0.05) is 69.2 Å². The summed E-state index contributed by atoms with van der Waals surface area (Å²) in [6, 6.07) is 26.8. The predicted molar refractivity (Wildman–Crippen MR) is 158 cm³/mol. The van der Waals surface area contributed by atoms with Crippen LogP contribution in [0.5, 0.6) is 0 Å². The van der Waals surface area contributed by atoms with Crippen molar-refractivity contribution in [2.45, 2.75) is 32.4 Å². The summed E-state index contributed by atoms with van der Waals surface area (Å²) >= 11 is 0. The molecule has 5 rings (SSSR count). The van der Waals surface area contributed by atoms with E-state index in [0.29, 0.717) is 32.8 Å². The van der Waals surface area contributed by atoms with Gasteiger partial charge in [0.1, 0.15) is 0 Å². The summed E-state index contributed by atoms with van der Waals surface area (Å²) < 4.78 is 14.9. The van der Waals surface area contributed by atoms with Crippen LogP contribution in [0.25, 0.3) is 21.9 Å². The van der Waals surface area contributed by atoms with Crippen LogP contribution in [0.3, 0.4) is 0 Å². The molecule has 0 aliphatic rings. The van der Waals surface area contributed by atoms with Gasteiger partial charge in [-0.1, -0.05) is 72.8 Å². The summed E-state index contributed by atoms with van der Waals surface area (Å²) in [4.78, 5) is 17.7. The van der Waals surface area contributed by atoms with E-state index < -0.39 is 0 Å². The molecule has 0 aliphatic heterocycles. The summed E-state index contributed by atoms with van der Waals surface area (Å²) in [5, 5.41) is 5.37. The maximum absolute atomic E-state index is 13.3. The highest BCUT2D eigenvalue weighted by molar-refractivity contribution is 5.97. The average Bonchev–Trinajstić information content (AvgIpc) is 3.62. The zero-order chi connectivity index (χ0) is 27.6. The Hall–Kier alpha value is -4.20. The highest BCUT2D eigenvalue weighted by Crippen LogP contribution is 2.30. The summed E-state index contributed by atoms with van der Waals surface area (Å²) in [5.74, 6) is 0. The minimum atomic E-state index is -0.141. The number of fused-ring (bicyclic) bond motifs is 1. The van der Waals surface area contributed by atoms with Crippen LogP contribution in [0.4, 0.5) is 4.79 Å². The standard InChI is InChI=1S/C33H36N4O3/c1-39-18-8-16-35-33(38)37-23-28(32-15-7-13-27-12-5-6-14-31(27)32)20-29(37)21-30-22-34-25-36(30)17-9-19-40-24-26-10-3-2-4-11-26/h2-7,10-15,20,22-23,25H,8-9,16-19,21,24H2,1H3,(H,35,38). The molecule has 5 aromatic rings. The minimum absolute atomic E-state index is 0.141. The van der Waals surface area contributed by atoms with Crippen molar-refractivity contribution < 1.29 is 14.3 Å². The lowest BCUT2D eigenvalue weighted by Gasteiger charge is -2.12. The molecule has 3 aromatic carbocycles. The van der Waals surface area contributed by atoms with E-state index in [1.54, 1.807) is 11.7 Å². The SMILES string of the molecule is COCCCNC(=O)n1cc(-c2cccc3ccccc23)cc1Cc1cncn1CCCOCc1ccccc1. The molecule has 0 spiro atoms. The van der Waals surface area contributed by atoms with Gasteiger partial charge in [0.2, 0.25) is 0 Å². The minimum Gasteiger partial charge on any atom is -0.385 e. The Morgan fingerprint density at radius 2 is 1.75 bits per heavy atom. The first kappa shape index (κ1) is 27.4. The Balaban J connectivity index is 1.32. The van der Waals surface area contributed by atoms with Crippen LogP contribution in [0.2, 0.25) is 0 Å². The van der Waals surface area contributed by atoms with Gasteiger partial charge < -0.3 is 19.4 Å². The molecule has 0 saturated heterocycles. The number of nitrogens with zero attached hydrogens (tertiary/aromatic N) is 3. The Bertz CT molecular complexity index is 1520. The van der Waals surface area contributed by atoms with Gasteiger partial charge in [0.25, 0.3) is 0 Å². The van der Waals surface area contributed by atoms with E-state index >= 15 is 0 Å². The smallest absolute Gasteiger partial charge is 0.325 e. The number of methoxy groups -OCH3 is 1. The Morgan fingerprint density at radius 1 is 0.925 bits per heavy atom. The van der Waals surface area contributed by atoms with E-state index in [-0.39, 0.29) is 6.03 Å². The van der Waals surface area contributed by atoms with Crippen molar-refractivity contribution in [2.24, 2.45) is 0 Å². The van der Waals surface area contributed by atoms with Gasteiger partial charge in [-0.2, -0.15) is 0 Å². The largest absolute Gasteiger partial charge is 0.385 e. The summed E-state index contributed by atoms with van der Waals surface area (Å²) in [5.41, 5.74) is 5.26. The van der Waals surface area contributed by atoms with Crippen molar-refractivity contribution in [3.05, 3.63) is 115 Å². The number of aromatic nitrogens is 3. The van der Waals surface area contributed by atoms with Gasteiger partial charge >= 0.3 is 6.03 Å². The number of aryl methyl sites for hydroxylation is 1. The summed E-state index contributed by atoms with van der Waals surface area (Å²) in [6.45, 7) is 3.23. The third-order valence-corrected chi connectivity index (χ3v) is 6.98. The third kappa shape index (κ3) is 6.86. The number of nitrogens with one attached hydrogen (secondary N) is 1. The summed E-state index contributed by atoms with van der Waals surface area (Å²) in [7, 11) is 1.67. The molecule has 0 radical (unpaired) electrons. The lowest BCUT2D eigenvalue weighted by Crippen LogP contribution is -2.30. The number of ether oxygens (including phenoxy) is 2. The zero-order valence-electron chi connectivity index (χ0n) is 23.0. The zero-order valence-corrected chi connectivity index (χ0v) is 23.0. The van der Waals surface area contributed by atoms with Gasteiger partial charge in [-0.05, 0) is 40.8 Å². The molecule has 1 N–H and O–H groups in total. The normalized spacial score (nSPS) is 11.2. The van der Waals surface area contributed by atoms with Gasteiger partial charge in [-0.3, -0.25) is 4.57 Å². The quantitative estimate of drug-likeness (QED) is 0.179. The highest BCUT2D eigenvalue weighted by Gasteiger charge is 2.16. The second-order valence-corrected chi connectivity index (χ2v) is 9.84. The van der Waals surface area contributed by atoms with Crippen molar-refractivity contribution in [1.29, 1.82) is 0 Å². The van der Waals surface area contributed by atoms with Crippen LogP contribution in [-0.4, -0.2) is 47.0 Å². The maximum atomic E-state index is 13.3. The molecule has 0 aliphatic carbocycles. The number of carbonyl (C=O) groups excluding carboxylic acids is 1. The first-order valence-electron chi connectivity index (χ1n) is 13.8. The number of amides is 1. The van der Waals surface area contributed by atoms with Crippen LogP contribution >= 0.6 is 0 Å². The second-order valence-electron chi connectivity index (χ2n) is 9.84. The number of hydrogen-bond acceptors (Lipinski definition) is 4. The van der Waals surface area contributed by atoms with E-state index in [9.17, 15) is 4.79 Å². The van der Waals surface area contributed by atoms with Crippen molar-refractivity contribution in [1.82, 2.24) is 19.4 Å². The van der Waals surface area contributed by atoms with Crippen LogP contribution in [-0.2, 0) is 29.0 Å². The summed E-state index contributed by atoms with van der Waals surface area (Å²) in [6.07, 6.45) is 7.90. The molecule has 7 heteroatoms. The Morgan fingerprint density at radius 3 is 2.62 bits per heavy atom. The fraction of sp³-hybridized carbons (Fsp3) is 0.273. The second kappa shape index (κ2) is 13.7. The molecular weight excluding hydrogens is 500 g/mol. The molecule has 0 bridgehead atoms. The van der Waals surface area contributed by atoms with E-state index in [1.807, 2.05) is 49.1 Å². The fourth-order valence-corrected chi connectivity index (χ4v) is 4.94. The molecule has 206 valence electrons. The molecule has 2 aromatic heterocycles. The van der Waals surface area contributed by atoms with E-state index in [0.717, 1.165) is 47.3 Å². The van der Waals surface area contributed by atoms with Gasteiger partial charge in [-0.25, -0.2) is 9.78 Å². The first-order chi connectivity index (χ1) is 19.7. The van der Waals surface area contributed by atoms with Gasteiger partial charge in [0.15, 0.2) is 0 Å². The molecule has 7 nitrogen and oxygen atoms in total. The number of hydrogen-bond donors (Lipinski definition) is 1. The molecule has 0 saturated carbocycles. The van der Waals surface area contributed by atoms with Crippen LogP contribution in [0.1, 0.15) is 29.8 Å². The van der Waals surface area contributed by atoms with E-state index in [2.05, 4.69) is 63.4 Å².